The Kier molecular flexibility index (Phi) is 8.37. The van der Waals surface area contributed by atoms with Crippen LogP contribution in [0.3, 0.4) is 0 Å². The molecule has 9 heteroatoms. The highest BCUT2D eigenvalue weighted by Gasteiger charge is 2.51. The molecule has 0 bridgehead atoms. The average molecular weight is 617 g/mol. The normalized spacial score (nSPS) is 27.9. The van der Waals surface area contributed by atoms with E-state index in [9.17, 15) is 14.8 Å². The maximum Gasteiger partial charge on any atom is 0.417 e. The molecule has 7 rings (SSSR count). The van der Waals surface area contributed by atoms with Gasteiger partial charge in [0.1, 0.15) is 0 Å². The summed E-state index contributed by atoms with van der Waals surface area (Å²) in [6.45, 7) is 5.60. The van der Waals surface area contributed by atoms with E-state index >= 15 is 0 Å². The minimum absolute atomic E-state index is 0.103. The van der Waals surface area contributed by atoms with Crippen molar-refractivity contribution in [3.8, 4) is 0 Å². The molecule has 4 aliphatic rings. The van der Waals surface area contributed by atoms with Crippen LogP contribution in [0.1, 0.15) is 61.6 Å². The van der Waals surface area contributed by atoms with Gasteiger partial charge in [-0.25, -0.2) is 9.59 Å². The van der Waals surface area contributed by atoms with E-state index in [0.717, 1.165) is 82.3 Å². The Morgan fingerprint density at radius 1 is 0.955 bits per heavy atom. The second-order valence-electron chi connectivity index (χ2n) is 13.7. The second-order valence-corrected chi connectivity index (χ2v) is 14.6. The van der Waals surface area contributed by atoms with Crippen LogP contribution in [0.25, 0.3) is 10.1 Å². The Morgan fingerprint density at radius 3 is 2.48 bits per heavy atom. The van der Waals surface area contributed by atoms with Gasteiger partial charge in [0.25, 0.3) is 0 Å². The molecule has 44 heavy (non-hydrogen) atoms. The highest BCUT2D eigenvalue weighted by Crippen LogP contribution is 2.41. The molecule has 1 spiro atoms. The number of rotatable bonds is 5. The number of urea groups is 1. The molecular formula is C35H46N5O3S+. The van der Waals surface area contributed by atoms with Crippen molar-refractivity contribution in [2.24, 2.45) is 0 Å². The van der Waals surface area contributed by atoms with Gasteiger partial charge in [0, 0.05) is 68.4 Å². The smallest absolute Gasteiger partial charge is 0.417 e. The summed E-state index contributed by atoms with van der Waals surface area (Å²) in [6.07, 6.45) is 6.84. The zero-order chi connectivity index (χ0) is 30.2. The van der Waals surface area contributed by atoms with E-state index in [0.29, 0.717) is 23.7 Å². The van der Waals surface area contributed by atoms with E-state index in [1.165, 1.54) is 15.8 Å². The van der Waals surface area contributed by atoms with Crippen LogP contribution >= 0.6 is 11.3 Å². The molecule has 1 aromatic heterocycles. The predicted molar refractivity (Wildman–Crippen MR) is 175 cm³/mol. The lowest BCUT2D eigenvalue weighted by molar-refractivity contribution is -0.886. The van der Waals surface area contributed by atoms with Gasteiger partial charge >= 0.3 is 11.9 Å². The highest BCUT2D eigenvalue weighted by atomic mass is 32.1. The standard InChI is InChI=1S/C35H45N5O3S/c41-33(39(18-6-1-7-19-39)28-12-16-36-17-13-28)31(22-27-24-44-32-11-5-3-9-29(27)32)38-34(42)40(43)20-14-35(15-21-40)25-37-23-26-8-2-4-10-30(26)35/h2-5,8-11,24,28,31,36-37H,1,6-7,12-23,25H2/p+1/t31-,35?,40?/m1/s1. The Balaban J connectivity index is 1.16. The number of hydrogen-bond donors (Lipinski definition) is 3. The van der Waals surface area contributed by atoms with Crippen LogP contribution in [0.15, 0.2) is 53.9 Å². The number of hydrogen-bond acceptors (Lipinski definition) is 6. The summed E-state index contributed by atoms with van der Waals surface area (Å²) < 4.78 is 0.708. The van der Waals surface area contributed by atoms with Gasteiger partial charge in [-0.15, -0.1) is 11.3 Å². The molecule has 0 aliphatic carbocycles. The summed E-state index contributed by atoms with van der Waals surface area (Å²) in [7, 11) is 0. The van der Waals surface area contributed by atoms with Crippen molar-refractivity contribution in [1.82, 2.24) is 16.0 Å². The first-order chi connectivity index (χ1) is 21.4. The van der Waals surface area contributed by atoms with Crippen LogP contribution in [0.4, 0.5) is 4.79 Å². The molecule has 0 saturated carbocycles. The van der Waals surface area contributed by atoms with Crippen molar-refractivity contribution in [2.75, 3.05) is 45.8 Å². The number of nitrogens with zero attached hydrogens (tertiary/aromatic N) is 2. The minimum atomic E-state index is -0.911. The predicted octanol–water partition coefficient (Wildman–Crippen LogP) is 4.95. The average Bonchev–Trinajstić information content (AvgIpc) is 3.49. The number of benzene rings is 2. The van der Waals surface area contributed by atoms with E-state index in [1.807, 2.05) is 12.1 Å². The SMILES string of the molecule is O=C(N[C@H](Cc1csc2ccccc12)C(=O)[N+]1(C2CCNCC2)CCCCC1)[N+]1([O-])CCC2(CC1)CNCc1ccccc12. The molecule has 0 radical (unpaired) electrons. The van der Waals surface area contributed by atoms with Gasteiger partial charge in [0.2, 0.25) is 0 Å². The van der Waals surface area contributed by atoms with Crippen molar-refractivity contribution in [1.29, 1.82) is 0 Å². The Morgan fingerprint density at radius 2 is 1.68 bits per heavy atom. The zero-order valence-electron chi connectivity index (χ0n) is 25.7. The molecule has 2 aromatic carbocycles. The Bertz CT molecular complexity index is 1500. The summed E-state index contributed by atoms with van der Waals surface area (Å²) in [5.74, 6) is 0.103. The van der Waals surface area contributed by atoms with Gasteiger partial charge in [-0.1, -0.05) is 42.5 Å². The molecule has 3 aromatic rings. The molecule has 3 N–H and O–H groups in total. The molecule has 8 nitrogen and oxygen atoms in total. The topological polar surface area (TPSA) is 93.3 Å². The number of likely N-dealkylation sites (tertiary alicyclic amines) is 2. The number of thiophene rings is 1. The third-order valence-corrected chi connectivity index (χ3v) is 12.3. The van der Waals surface area contributed by atoms with E-state index in [1.54, 1.807) is 11.3 Å². The number of fused-ring (bicyclic) bond motifs is 3. The first-order valence-corrected chi connectivity index (χ1v) is 17.6. The molecule has 5 heterocycles. The molecule has 1 atom stereocenters. The van der Waals surface area contributed by atoms with Crippen LogP contribution in [-0.4, -0.2) is 79.0 Å². The van der Waals surface area contributed by atoms with Gasteiger partial charge in [-0.3, -0.25) is 14.4 Å². The summed E-state index contributed by atoms with van der Waals surface area (Å²) in [5, 5.41) is 27.7. The first-order valence-electron chi connectivity index (χ1n) is 16.7. The van der Waals surface area contributed by atoms with E-state index in [2.05, 4.69) is 57.7 Å². The molecule has 0 unspecified atom stereocenters. The summed E-state index contributed by atoms with van der Waals surface area (Å²) >= 11 is 1.67. The van der Waals surface area contributed by atoms with Crippen LogP contribution in [0, 0.1) is 5.21 Å². The van der Waals surface area contributed by atoms with Crippen LogP contribution in [0.2, 0.25) is 0 Å². The fourth-order valence-corrected chi connectivity index (χ4v) is 9.71. The van der Waals surface area contributed by atoms with Gasteiger partial charge in [0.15, 0.2) is 6.04 Å². The van der Waals surface area contributed by atoms with Crippen LogP contribution < -0.4 is 16.0 Å². The van der Waals surface area contributed by atoms with Crippen LogP contribution in [0.5, 0.6) is 0 Å². The van der Waals surface area contributed by atoms with Gasteiger partial charge in [-0.05, 0) is 52.8 Å². The highest BCUT2D eigenvalue weighted by molar-refractivity contribution is 7.17. The van der Waals surface area contributed by atoms with Gasteiger partial charge < -0.3 is 15.8 Å². The molecular weight excluding hydrogens is 570 g/mol. The lowest BCUT2D eigenvalue weighted by Gasteiger charge is -2.51. The number of nitrogens with one attached hydrogen (secondary N) is 3. The summed E-state index contributed by atoms with van der Waals surface area (Å²) in [5.41, 5.74) is 3.56. The molecule has 234 valence electrons. The lowest BCUT2D eigenvalue weighted by atomic mass is 9.69. The monoisotopic (exact) mass is 616 g/mol. The van der Waals surface area contributed by atoms with Crippen molar-refractivity contribution in [3.05, 3.63) is 75.8 Å². The zero-order valence-corrected chi connectivity index (χ0v) is 26.5. The molecule has 3 amide bonds. The van der Waals surface area contributed by atoms with Crippen molar-refractivity contribution in [3.63, 3.8) is 0 Å². The largest absolute Gasteiger partial charge is 0.624 e. The fourth-order valence-electron chi connectivity index (χ4n) is 8.73. The third-order valence-electron chi connectivity index (χ3n) is 11.3. The minimum Gasteiger partial charge on any atom is -0.624 e. The number of hydroxylamine groups is 3. The van der Waals surface area contributed by atoms with Crippen molar-refractivity contribution >= 4 is 33.4 Å². The van der Waals surface area contributed by atoms with Gasteiger partial charge in [-0.2, -0.15) is 0 Å². The number of amides is 3. The molecule has 3 saturated heterocycles. The van der Waals surface area contributed by atoms with E-state index in [4.69, 9.17) is 0 Å². The Hall–Kier alpha value is -2.66. The number of quaternary nitrogens is 2. The van der Waals surface area contributed by atoms with E-state index in [-0.39, 0.29) is 30.5 Å². The van der Waals surface area contributed by atoms with Crippen LogP contribution in [-0.2, 0) is 23.2 Å². The first kappa shape index (κ1) is 30.0. The quantitative estimate of drug-likeness (QED) is 0.279. The maximum absolute atomic E-state index is 14.9. The third kappa shape index (κ3) is 5.42. The second kappa shape index (κ2) is 12.3. The molecule has 4 aliphatic heterocycles. The van der Waals surface area contributed by atoms with Crippen molar-refractivity contribution < 1.29 is 18.7 Å². The van der Waals surface area contributed by atoms with Crippen molar-refractivity contribution in [2.45, 2.75) is 75.4 Å². The number of carbonyl (C=O) groups excluding carboxylic acids is 2. The maximum atomic E-state index is 14.9. The van der Waals surface area contributed by atoms with E-state index < -0.39 is 16.7 Å². The fraction of sp³-hybridized carbons (Fsp3) is 0.543. The Labute approximate surface area is 264 Å². The van der Waals surface area contributed by atoms with Gasteiger partial charge in [0.05, 0.1) is 32.2 Å². The number of piperidine rings is 3. The number of carbonyl (C=O) groups is 2. The summed E-state index contributed by atoms with van der Waals surface area (Å²) in [4.78, 5) is 29.0. The lowest BCUT2D eigenvalue weighted by Crippen LogP contribution is -2.70. The summed E-state index contributed by atoms with van der Waals surface area (Å²) in [6, 6.07) is 15.8. The molecule has 3 fully saturated rings.